The van der Waals surface area contributed by atoms with Crippen LogP contribution >= 0.6 is 0 Å². The highest BCUT2D eigenvalue weighted by Crippen LogP contribution is 2.20. The smallest absolute Gasteiger partial charge is 0.191 e. The van der Waals surface area contributed by atoms with Crippen LogP contribution < -0.4 is 10.6 Å². The SMILES string of the molecule is CCc1nncn1CCNC(=NC)NCCN1CC(C)CC(C)C1. The number of aromatic nitrogens is 3. The predicted octanol–water partition coefficient (Wildman–Crippen LogP) is 0.983. The summed E-state index contributed by atoms with van der Waals surface area (Å²) >= 11 is 0. The molecule has 1 aliphatic rings. The molecule has 0 bridgehead atoms. The number of piperidine rings is 1. The molecule has 7 nitrogen and oxygen atoms in total. The van der Waals surface area contributed by atoms with Crippen molar-refractivity contribution >= 4 is 5.96 Å². The number of nitrogens with zero attached hydrogens (tertiary/aromatic N) is 5. The molecule has 2 N–H and O–H groups in total. The van der Waals surface area contributed by atoms with Crippen LogP contribution in [-0.4, -0.2) is 65.4 Å². The Morgan fingerprint density at radius 3 is 2.50 bits per heavy atom. The molecular weight excluding hydrogens is 302 g/mol. The van der Waals surface area contributed by atoms with Crippen LogP contribution in [0, 0.1) is 11.8 Å². The van der Waals surface area contributed by atoms with Crippen molar-refractivity contribution in [2.75, 3.05) is 39.8 Å². The summed E-state index contributed by atoms with van der Waals surface area (Å²) in [5.74, 6) is 3.50. The standard InChI is InChI=1S/C17H33N7/c1-5-16-22-21-13-24(16)9-7-20-17(18-4)19-6-8-23-11-14(2)10-15(3)12-23/h13-15H,5-12H2,1-4H3,(H2,18,19,20). The molecule has 0 spiro atoms. The number of nitrogens with one attached hydrogen (secondary N) is 2. The minimum atomic E-state index is 0.808. The third kappa shape index (κ3) is 5.78. The Morgan fingerprint density at radius 1 is 1.21 bits per heavy atom. The first-order valence-electron chi connectivity index (χ1n) is 9.15. The lowest BCUT2D eigenvalue weighted by Gasteiger charge is -2.35. The zero-order chi connectivity index (χ0) is 17.4. The maximum absolute atomic E-state index is 4.30. The molecule has 2 rings (SSSR count). The van der Waals surface area contributed by atoms with Crippen molar-refractivity contribution < 1.29 is 0 Å². The molecule has 0 amide bonds. The van der Waals surface area contributed by atoms with Crippen molar-refractivity contribution in [1.82, 2.24) is 30.3 Å². The summed E-state index contributed by atoms with van der Waals surface area (Å²) in [5.41, 5.74) is 0. The van der Waals surface area contributed by atoms with Gasteiger partial charge in [0, 0.05) is 52.7 Å². The summed E-state index contributed by atoms with van der Waals surface area (Å²) in [6.07, 6.45) is 4.05. The molecule has 0 radical (unpaired) electrons. The Morgan fingerprint density at radius 2 is 1.88 bits per heavy atom. The number of aryl methyl sites for hydroxylation is 1. The summed E-state index contributed by atoms with van der Waals surface area (Å²) in [6, 6.07) is 0. The maximum Gasteiger partial charge on any atom is 0.191 e. The summed E-state index contributed by atoms with van der Waals surface area (Å²) in [6.45, 7) is 12.9. The van der Waals surface area contributed by atoms with Gasteiger partial charge < -0.3 is 20.1 Å². The van der Waals surface area contributed by atoms with E-state index < -0.39 is 0 Å². The second kappa shape index (κ2) is 9.61. The molecule has 24 heavy (non-hydrogen) atoms. The normalized spacial score (nSPS) is 22.6. The van der Waals surface area contributed by atoms with Gasteiger partial charge in [-0.1, -0.05) is 20.8 Å². The molecule has 1 saturated heterocycles. The lowest BCUT2D eigenvalue weighted by molar-refractivity contribution is 0.143. The van der Waals surface area contributed by atoms with Gasteiger partial charge in [-0.05, 0) is 18.3 Å². The van der Waals surface area contributed by atoms with E-state index in [4.69, 9.17) is 0 Å². The van der Waals surface area contributed by atoms with Crippen molar-refractivity contribution in [3.8, 4) is 0 Å². The largest absolute Gasteiger partial charge is 0.355 e. The van der Waals surface area contributed by atoms with Crippen LogP contribution in [0.25, 0.3) is 0 Å². The van der Waals surface area contributed by atoms with Gasteiger partial charge in [-0.2, -0.15) is 0 Å². The van der Waals surface area contributed by atoms with Crippen molar-refractivity contribution in [1.29, 1.82) is 0 Å². The monoisotopic (exact) mass is 335 g/mol. The number of rotatable bonds is 7. The summed E-state index contributed by atoms with van der Waals surface area (Å²) in [5, 5.41) is 14.8. The average molecular weight is 336 g/mol. The van der Waals surface area contributed by atoms with Gasteiger partial charge in [0.25, 0.3) is 0 Å². The van der Waals surface area contributed by atoms with Crippen LogP contribution in [0.3, 0.4) is 0 Å². The minimum absolute atomic E-state index is 0.808. The Bertz CT molecular complexity index is 501. The van der Waals surface area contributed by atoms with E-state index in [1.165, 1.54) is 19.5 Å². The van der Waals surface area contributed by atoms with Gasteiger partial charge in [0.1, 0.15) is 12.2 Å². The van der Waals surface area contributed by atoms with Crippen molar-refractivity contribution in [2.24, 2.45) is 16.8 Å². The molecule has 1 fully saturated rings. The van der Waals surface area contributed by atoms with Gasteiger partial charge in [-0.15, -0.1) is 10.2 Å². The molecule has 136 valence electrons. The number of aliphatic imine (C=N–C) groups is 1. The molecule has 7 heteroatoms. The van der Waals surface area contributed by atoms with Crippen LogP contribution in [0.2, 0.25) is 0 Å². The van der Waals surface area contributed by atoms with Gasteiger partial charge in [0.2, 0.25) is 0 Å². The topological polar surface area (TPSA) is 70.4 Å². The molecule has 1 aliphatic heterocycles. The third-order valence-electron chi connectivity index (χ3n) is 4.55. The van der Waals surface area contributed by atoms with Crippen molar-refractivity contribution in [3.05, 3.63) is 12.2 Å². The number of likely N-dealkylation sites (tertiary alicyclic amines) is 1. The van der Waals surface area contributed by atoms with E-state index in [1.807, 2.05) is 7.05 Å². The molecule has 2 heterocycles. The first kappa shape index (κ1) is 18.7. The average Bonchev–Trinajstić information content (AvgIpc) is 3.00. The van der Waals surface area contributed by atoms with E-state index in [0.29, 0.717) is 0 Å². The van der Waals surface area contributed by atoms with Crippen LogP contribution in [0.1, 0.15) is 33.0 Å². The molecule has 2 unspecified atom stereocenters. The first-order valence-corrected chi connectivity index (χ1v) is 9.15. The zero-order valence-electron chi connectivity index (χ0n) is 15.6. The van der Waals surface area contributed by atoms with E-state index >= 15 is 0 Å². The second-order valence-electron chi connectivity index (χ2n) is 6.93. The first-order chi connectivity index (χ1) is 11.6. The lowest BCUT2D eigenvalue weighted by Crippen LogP contribution is -2.45. The number of guanidine groups is 1. The van der Waals surface area contributed by atoms with Crippen LogP contribution in [0.5, 0.6) is 0 Å². The van der Waals surface area contributed by atoms with Gasteiger partial charge in [0.05, 0.1) is 0 Å². The molecule has 2 atom stereocenters. The summed E-state index contributed by atoms with van der Waals surface area (Å²) < 4.78 is 2.08. The van der Waals surface area contributed by atoms with E-state index in [0.717, 1.165) is 56.2 Å². The molecule has 0 aromatic carbocycles. The molecule has 0 saturated carbocycles. The van der Waals surface area contributed by atoms with Crippen LogP contribution in [0.4, 0.5) is 0 Å². The fourth-order valence-electron chi connectivity index (χ4n) is 3.56. The van der Waals surface area contributed by atoms with Gasteiger partial charge in [-0.25, -0.2) is 0 Å². The van der Waals surface area contributed by atoms with Crippen molar-refractivity contribution in [2.45, 2.75) is 40.2 Å². The van der Waals surface area contributed by atoms with E-state index in [2.05, 4.69) is 56.1 Å². The maximum atomic E-state index is 4.30. The Balaban J connectivity index is 1.65. The van der Waals surface area contributed by atoms with E-state index in [-0.39, 0.29) is 0 Å². The molecule has 1 aromatic rings. The van der Waals surface area contributed by atoms with Crippen LogP contribution in [0.15, 0.2) is 11.3 Å². The minimum Gasteiger partial charge on any atom is -0.355 e. The highest BCUT2D eigenvalue weighted by molar-refractivity contribution is 5.79. The zero-order valence-corrected chi connectivity index (χ0v) is 15.6. The highest BCUT2D eigenvalue weighted by Gasteiger charge is 2.21. The second-order valence-corrected chi connectivity index (χ2v) is 6.93. The number of hydrogen-bond donors (Lipinski definition) is 2. The quantitative estimate of drug-likeness (QED) is 0.574. The lowest BCUT2D eigenvalue weighted by atomic mass is 9.92. The molecule has 0 aliphatic carbocycles. The summed E-state index contributed by atoms with van der Waals surface area (Å²) in [7, 11) is 1.82. The third-order valence-corrected chi connectivity index (χ3v) is 4.55. The van der Waals surface area contributed by atoms with Crippen LogP contribution in [-0.2, 0) is 13.0 Å². The fraction of sp³-hybridized carbons (Fsp3) is 0.824. The van der Waals surface area contributed by atoms with Crippen molar-refractivity contribution in [3.63, 3.8) is 0 Å². The van der Waals surface area contributed by atoms with Gasteiger partial charge in [-0.3, -0.25) is 4.99 Å². The Labute approximate surface area is 145 Å². The highest BCUT2D eigenvalue weighted by atomic mass is 15.3. The summed E-state index contributed by atoms with van der Waals surface area (Å²) in [4.78, 5) is 6.86. The Kier molecular flexibility index (Phi) is 7.49. The Hall–Kier alpha value is -1.63. The van der Waals surface area contributed by atoms with E-state index in [9.17, 15) is 0 Å². The number of hydrogen-bond acceptors (Lipinski definition) is 4. The van der Waals surface area contributed by atoms with Gasteiger partial charge >= 0.3 is 0 Å². The predicted molar refractivity (Wildman–Crippen MR) is 98.1 cm³/mol. The molecular formula is C17H33N7. The fourth-order valence-corrected chi connectivity index (χ4v) is 3.56. The molecule has 1 aromatic heterocycles. The van der Waals surface area contributed by atoms with E-state index in [1.54, 1.807) is 6.33 Å². The van der Waals surface area contributed by atoms with Gasteiger partial charge in [0.15, 0.2) is 5.96 Å².